The van der Waals surface area contributed by atoms with Gasteiger partial charge in [-0.05, 0) is 30.9 Å². The zero-order valence-corrected chi connectivity index (χ0v) is 22.6. The fourth-order valence-electron chi connectivity index (χ4n) is 4.46. The molecule has 0 spiro atoms. The Bertz CT molecular complexity index is 1480. The first kappa shape index (κ1) is 26.4. The average Bonchev–Trinajstić information content (AvgIpc) is 3.60. The van der Waals surface area contributed by atoms with Gasteiger partial charge in [0.1, 0.15) is 4.70 Å². The van der Waals surface area contributed by atoms with Gasteiger partial charge in [-0.3, -0.25) is 19.0 Å². The summed E-state index contributed by atoms with van der Waals surface area (Å²) in [4.78, 5) is 43.3. The quantitative estimate of drug-likeness (QED) is 0.215. The van der Waals surface area contributed by atoms with Crippen molar-refractivity contribution in [3.05, 3.63) is 70.5 Å². The second-order valence-electron chi connectivity index (χ2n) is 9.22. The summed E-state index contributed by atoms with van der Waals surface area (Å²) in [6, 6.07) is 17.5. The Hall–Kier alpha value is -3.21. The van der Waals surface area contributed by atoms with E-state index < -0.39 is 0 Å². The summed E-state index contributed by atoms with van der Waals surface area (Å²) in [5, 5.41) is 7.27. The minimum atomic E-state index is -0.136. The smallest absolute Gasteiger partial charge is 0.272 e. The molecule has 38 heavy (non-hydrogen) atoms. The van der Waals surface area contributed by atoms with Crippen LogP contribution in [-0.4, -0.2) is 46.4 Å². The maximum atomic E-state index is 13.6. The van der Waals surface area contributed by atoms with E-state index in [9.17, 15) is 14.4 Å². The molecule has 0 saturated carbocycles. The summed E-state index contributed by atoms with van der Waals surface area (Å²) in [6.07, 6.45) is 2.88. The molecule has 1 aliphatic heterocycles. The van der Waals surface area contributed by atoms with Gasteiger partial charge >= 0.3 is 0 Å². The second kappa shape index (κ2) is 12.6. The van der Waals surface area contributed by atoms with Gasteiger partial charge in [-0.15, -0.1) is 11.3 Å². The number of thiophene rings is 1. The van der Waals surface area contributed by atoms with Crippen molar-refractivity contribution in [2.45, 2.75) is 50.0 Å². The number of carbonyl (C=O) groups is 2. The van der Waals surface area contributed by atoms with Crippen molar-refractivity contribution in [3.63, 3.8) is 0 Å². The number of ether oxygens (including phenoxy) is 1. The molecule has 0 radical (unpaired) electrons. The molecule has 1 fully saturated rings. The lowest BCUT2D eigenvalue weighted by Gasteiger charge is -2.13. The molecule has 2 aromatic carbocycles. The summed E-state index contributed by atoms with van der Waals surface area (Å²) in [5.74, 6) is -0.0586. The van der Waals surface area contributed by atoms with Crippen LogP contribution in [0.4, 0.5) is 0 Å². The summed E-state index contributed by atoms with van der Waals surface area (Å²) < 4.78 is 8.76. The van der Waals surface area contributed by atoms with Gasteiger partial charge in [-0.1, -0.05) is 60.3 Å². The largest absolute Gasteiger partial charge is 0.376 e. The third-order valence-corrected chi connectivity index (χ3v) is 8.57. The Balaban J connectivity index is 1.29. The second-order valence-corrected chi connectivity index (χ2v) is 11.2. The first-order chi connectivity index (χ1) is 18.6. The standard InChI is InChI=1S/C28H30N4O4S2/c33-23(30-17-20-10-7-15-36-20)13-6-14-32-27(35)26-25(21-11-4-5-12-22(21)38-26)31-28(32)37-18-24(34)29-16-19-8-2-1-3-9-19/h1-5,8-9,11-12,20H,6-7,10,13-18H2,(H,29,34)(H,30,33). The molecule has 8 nitrogen and oxygen atoms in total. The van der Waals surface area contributed by atoms with Crippen LogP contribution in [0.1, 0.15) is 31.2 Å². The zero-order chi connectivity index (χ0) is 26.3. The van der Waals surface area contributed by atoms with E-state index in [0.717, 1.165) is 35.1 Å². The lowest BCUT2D eigenvalue weighted by Crippen LogP contribution is -2.32. The lowest BCUT2D eigenvalue weighted by molar-refractivity contribution is -0.121. The number of amides is 2. The number of thioether (sulfide) groups is 1. The lowest BCUT2D eigenvalue weighted by atomic mass is 10.2. The molecular weight excluding hydrogens is 520 g/mol. The molecule has 3 heterocycles. The number of carbonyl (C=O) groups excluding carboxylic acids is 2. The van der Waals surface area contributed by atoms with E-state index in [1.54, 1.807) is 4.57 Å². The molecule has 0 bridgehead atoms. The van der Waals surface area contributed by atoms with Crippen molar-refractivity contribution in [1.82, 2.24) is 20.2 Å². The van der Waals surface area contributed by atoms with Gasteiger partial charge in [0, 0.05) is 42.7 Å². The molecule has 1 unspecified atom stereocenters. The topological polar surface area (TPSA) is 102 Å². The molecule has 10 heteroatoms. The Labute approximate surface area is 228 Å². The van der Waals surface area contributed by atoms with E-state index in [1.807, 2.05) is 54.6 Å². The van der Waals surface area contributed by atoms with Gasteiger partial charge in [-0.2, -0.15) is 0 Å². The number of rotatable bonds is 11. The predicted molar refractivity (Wildman–Crippen MR) is 152 cm³/mol. The highest BCUT2D eigenvalue weighted by Gasteiger charge is 2.19. The van der Waals surface area contributed by atoms with Crippen LogP contribution >= 0.6 is 23.1 Å². The van der Waals surface area contributed by atoms with E-state index in [2.05, 4.69) is 10.6 Å². The molecule has 198 valence electrons. The molecule has 1 aliphatic rings. The first-order valence-electron chi connectivity index (χ1n) is 12.8. The molecule has 2 aromatic heterocycles. The zero-order valence-electron chi connectivity index (χ0n) is 21.0. The van der Waals surface area contributed by atoms with Gasteiger partial charge in [0.2, 0.25) is 11.8 Å². The van der Waals surface area contributed by atoms with Crippen molar-refractivity contribution in [2.75, 3.05) is 18.9 Å². The van der Waals surface area contributed by atoms with Gasteiger partial charge < -0.3 is 15.4 Å². The summed E-state index contributed by atoms with van der Waals surface area (Å²) in [6.45, 7) is 2.06. The van der Waals surface area contributed by atoms with E-state index in [4.69, 9.17) is 9.72 Å². The van der Waals surface area contributed by atoms with Crippen LogP contribution in [0.25, 0.3) is 20.3 Å². The number of nitrogens with one attached hydrogen (secondary N) is 2. The maximum absolute atomic E-state index is 13.6. The fraction of sp³-hybridized carbons (Fsp3) is 0.357. The van der Waals surface area contributed by atoms with Crippen LogP contribution < -0.4 is 16.2 Å². The minimum absolute atomic E-state index is 0.0565. The van der Waals surface area contributed by atoms with Crippen molar-refractivity contribution >= 4 is 55.2 Å². The van der Waals surface area contributed by atoms with Crippen LogP contribution in [0, 0.1) is 0 Å². The van der Waals surface area contributed by atoms with Crippen molar-refractivity contribution in [3.8, 4) is 0 Å². The van der Waals surface area contributed by atoms with Crippen LogP contribution in [0.5, 0.6) is 0 Å². The fourth-order valence-corrected chi connectivity index (χ4v) is 6.40. The number of benzene rings is 2. The first-order valence-corrected chi connectivity index (χ1v) is 14.6. The van der Waals surface area contributed by atoms with Gasteiger partial charge in [0.25, 0.3) is 5.56 Å². The minimum Gasteiger partial charge on any atom is -0.376 e. The molecule has 2 N–H and O–H groups in total. The predicted octanol–water partition coefficient (Wildman–Crippen LogP) is 4.10. The van der Waals surface area contributed by atoms with E-state index in [-0.39, 0.29) is 29.2 Å². The molecular formula is C28H30N4O4S2. The van der Waals surface area contributed by atoms with Gasteiger partial charge in [0.05, 0.1) is 17.4 Å². The third kappa shape index (κ3) is 6.43. The summed E-state index contributed by atoms with van der Waals surface area (Å²) in [7, 11) is 0. The molecule has 1 saturated heterocycles. The third-order valence-electron chi connectivity index (χ3n) is 6.45. The number of nitrogens with zero attached hydrogens (tertiary/aromatic N) is 2. The highest BCUT2D eigenvalue weighted by Crippen LogP contribution is 2.31. The van der Waals surface area contributed by atoms with Gasteiger partial charge in [-0.25, -0.2) is 4.98 Å². The van der Waals surface area contributed by atoms with Crippen molar-refractivity contribution < 1.29 is 14.3 Å². The van der Waals surface area contributed by atoms with Crippen LogP contribution in [-0.2, 0) is 27.4 Å². The van der Waals surface area contributed by atoms with Crippen LogP contribution in [0.15, 0.2) is 64.5 Å². The summed E-state index contributed by atoms with van der Waals surface area (Å²) >= 11 is 2.67. The van der Waals surface area contributed by atoms with Crippen molar-refractivity contribution in [1.29, 1.82) is 0 Å². The Morgan fingerprint density at radius 1 is 1.08 bits per heavy atom. The van der Waals surface area contributed by atoms with Crippen molar-refractivity contribution in [2.24, 2.45) is 0 Å². The number of hydrogen-bond donors (Lipinski definition) is 2. The SMILES string of the molecule is O=C(CCCn1c(SCC(=O)NCc2ccccc2)nc2c(sc3ccccc32)c1=O)NCC1CCCO1. The molecule has 5 rings (SSSR count). The number of aromatic nitrogens is 2. The normalized spacial score (nSPS) is 15.2. The molecule has 0 aliphatic carbocycles. The van der Waals surface area contributed by atoms with Crippen LogP contribution in [0.3, 0.4) is 0 Å². The highest BCUT2D eigenvalue weighted by atomic mass is 32.2. The summed E-state index contributed by atoms with van der Waals surface area (Å²) in [5.41, 5.74) is 1.54. The van der Waals surface area contributed by atoms with Gasteiger partial charge in [0.15, 0.2) is 5.16 Å². The molecule has 1 atom stereocenters. The average molecular weight is 551 g/mol. The van der Waals surface area contributed by atoms with Crippen LogP contribution in [0.2, 0.25) is 0 Å². The van der Waals surface area contributed by atoms with E-state index in [1.165, 1.54) is 23.1 Å². The number of hydrogen-bond acceptors (Lipinski definition) is 7. The highest BCUT2D eigenvalue weighted by molar-refractivity contribution is 7.99. The Morgan fingerprint density at radius 2 is 1.89 bits per heavy atom. The van der Waals surface area contributed by atoms with E-state index >= 15 is 0 Å². The Kier molecular flexibility index (Phi) is 8.72. The number of fused-ring (bicyclic) bond motifs is 3. The van der Waals surface area contributed by atoms with E-state index in [0.29, 0.717) is 47.8 Å². The maximum Gasteiger partial charge on any atom is 0.272 e. The Morgan fingerprint density at radius 3 is 2.71 bits per heavy atom. The molecule has 2 amide bonds. The monoisotopic (exact) mass is 550 g/mol. The molecule has 4 aromatic rings.